The van der Waals surface area contributed by atoms with Crippen LogP contribution in [0.25, 0.3) is 0 Å². The van der Waals surface area contributed by atoms with Gasteiger partial charge in [0.25, 0.3) is 0 Å². The van der Waals surface area contributed by atoms with Gasteiger partial charge in [0.2, 0.25) is 5.91 Å². The van der Waals surface area contributed by atoms with E-state index in [-0.39, 0.29) is 5.91 Å². The van der Waals surface area contributed by atoms with Crippen LogP contribution < -0.4 is 14.8 Å². The second-order valence-electron chi connectivity index (χ2n) is 6.32. The van der Waals surface area contributed by atoms with Gasteiger partial charge in [-0.1, -0.05) is 40.9 Å². The second-order valence-corrected chi connectivity index (χ2v) is 7.24. The van der Waals surface area contributed by atoms with Crippen LogP contribution in [0, 0.1) is 0 Å². The summed E-state index contributed by atoms with van der Waals surface area (Å²) < 4.78 is 11.7. The van der Waals surface area contributed by atoms with E-state index >= 15 is 0 Å². The molecule has 0 heterocycles. The molecule has 3 rings (SSSR count). The fraction of sp³-hybridized carbons (Fsp3) is 0.350. The summed E-state index contributed by atoms with van der Waals surface area (Å²) in [5, 5.41) is 3.08. The molecule has 0 atom stereocenters. The average molecular weight is 404 g/mol. The molecular weight excluding hydrogens is 382 g/mol. The zero-order valence-corrected chi connectivity index (χ0v) is 16.1. The van der Waals surface area contributed by atoms with Crippen molar-refractivity contribution in [3.8, 4) is 11.5 Å². The smallest absolute Gasteiger partial charge is 0.235 e. The Balaban J connectivity index is 1.95. The lowest BCUT2D eigenvalue weighted by Gasteiger charge is -2.29. The Morgan fingerprint density at radius 3 is 2.48 bits per heavy atom. The standard InChI is InChI=1S/C20H22BrNO3/c1-24-16-8-9-18(25-2)17(13-16)22-19(23)20(10-3-4-11-20)14-6-5-7-15(21)12-14/h5-9,12-13H,3-4,10-11H2,1-2H3,(H,22,23). The van der Waals surface area contributed by atoms with Crippen molar-refractivity contribution >= 4 is 27.5 Å². The molecule has 1 saturated carbocycles. The van der Waals surface area contributed by atoms with E-state index in [9.17, 15) is 4.79 Å². The quantitative estimate of drug-likeness (QED) is 0.770. The van der Waals surface area contributed by atoms with Gasteiger partial charge < -0.3 is 14.8 Å². The molecule has 2 aromatic rings. The van der Waals surface area contributed by atoms with Gasteiger partial charge in [-0.2, -0.15) is 0 Å². The van der Waals surface area contributed by atoms with Crippen molar-refractivity contribution in [2.45, 2.75) is 31.1 Å². The van der Waals surface area contributed by atoms with Crippen LogP contribution in [0.15, 0.2) is 46.9 Å². The lowest BCUT2D eigenvalue weighted by molar-refractivity contribution is -0.121. The van der Waals surface area contributed by atoms with Gasteiger partial charge >= 0.3 is 0 Å². The van der Waals surface area contributed by atoms with Crippen molar-refractivity contribution in [3.63, 3.8) is 0 Å². The van der Waals surface area contributed by atoms with Gasteiger partial charge in [-0.25, -0.2) is 0 Å². The topological polar surface area (TPSA) is 47.6 Å². The highest BCUT2D eigenvalue weighted by atomic mass is 79.9. The monoisotopic (exact) mass is 403 g/mol. The summed E-state index contributed by atoms with van der Waals surface area (Å²) in [6, 6.07) is 13.5. The fourth-order valence-electron chi connectivity index (χ4n) is 3.57. The highest BCUT2D eigenvalue weighted by molar-refractivity contribution is 9.10. The van der Waals surface area contributed by atoms with Crippen LogP contribution in [-0.4, -0.2) is 20.1 Å². The molecule has 1 aliphatic rings. The SMILES string of the molecule is COc1ccc(OC)c(NC(=O)C2(c3cccc(Br)c3)CCCC2)c1. The summed E-state index contributed by atoms with van der Waals surface area (Å²) in [7, 11) is 3.20. The molecule has 1 aliphatic carbocycles. The molecule has 0 aromatic heterocycles. The Hall–Kier alpha value is -2.01. The first-order chi connectivity index (χ1) is 12.1. The molecule has 1 fully saturated rings. The Kier molecular flexibility index (Phi) is 5.33. The number of halogens is 1. The minimum atomic E-state index is -0.502. The summed E-state index contributed by atoms with van der Waals surface area (Å²) >= 11 is 3.52. The highest BCUT2D eigenvalue weighted by Gasteiger charge is 2.43. The molecule has 5 heteroatoms. The maximum absolute atomic E-state index is 13.3. The maximum Gasteiger partial charge on any atom is 0.235 e. The Morgan fingerprint density at radius 2 is 1.84 bits per heavy atom. The number of amides is 1. The first-order valence-corrected chi connectivity index (χ1v) is 9.18. The number of nitrogens with one attached hydrogen (secondary N) is 1. The van der Waals surface area contributed by atoms with E-state index < -0.39 is 5.41 Å². The maximum atomic E-state index is 13.3. The number of methoxy groups -OCH3 is 2. The van der Waals surface area contributed by atoms with Crippen molar-refractivity contribution < 1.29 is 14.3 Å². The van der Waals surface area contributed by atoms with Gasteiger partial charge in [0.1, 0.15) is 11.5 Å². The van der Waals surface area contributed by atoms with E-state index in [0.29, 0.717) is 17.2 Å². The molecule has 0 bridgehead atoms. The number of benzene rings is 2. The lowest BCUT2D eigenvalue weighted by Crippen LogP contribution is -2.38. The molecule has 25 heavy (non-hydrogen) atoms. The third kappa shape index (κ3) is 3.52. The van der Waals surface area contributed by atoms with Crippen molar-refractivity contribution in [2.24, 2.45) is 0 Å². The number of anilines is 1. The summed E-state index contributed by atoms with van der Waals surface area (Å²) in [6.07, 6.45) is 3.80. The number of hydrogen-bond acceptors (Lipinski definition) is 3. The minimum absolute atomic E-state index is 0.00894. The normalized spacial score (nSPS) is 15.6. The molecule has 4 nitrogen and oxygen atoms in total. The second kappa shape index (κ2) is 7.48. The molecule has 0 aliphatic heterocycles. The van der Waals surface area contributed by atoms with Crippen LogP contribution in [0.3, 0.4) is 0 Å². The summed E-state index contributed by atoms with van der Waals surface area (Å²) in [5.41, 5.74) is 1.18. The van der Waals surface area contributed by atoms with Crippen molar-refractivity contribution in [2.75, 3.05) is 19.5 Å². The molecule has 0 unspecified atom stereocenters. The van der Waals surface area contributed by atoms with Crippen LogP contribution >= 0.6 is 15.9 Å². The van der Waals surface area contributed by atoms with Gasteiger partial charge in [-0.15, -0.1) is 0 Å². The van der Waals surface area contributed by atoms with Crippen molar-refractivity contribution in [1.29, 1.82) is 0 Å². The number of hydrogen-bond donors (Lipinski definition) is 1. The van der Waals surface area contributed by atoms with Crippen LogP contribution in [0.5, 0.6) is 11.5 Å². The van der Waals surface area contributed by atoms with E-state index in [4.69, 9.17) is 9.47 Å². The van der Waals surface area contributed by atoms with E-state index in [2.05, 4.69) is 21.2 Å². The Bertz CT molecular complexity index is 769. The molecule has 0 spiro atoms. The number of carbonyl (C=O) groups excluding carboxylic acids is 1. The summed E-state index contributed by atoms with van der Waals surface area (Å²) in [4.78, 5) is 13.3. The van der Waals surface area contributed by atoms with E-state index in [1.54, 1.807) is 26.4 Å². The minimum Gasteiger partial charge on any atom is -0.497 e. The van der Waals surface area contributed by atoms with Gasteiger partial charge in [0, 0.05) is 10.5 Å². The van der Waals surface area contributed by atoms with E-state index in [0.717, 1.165) is 35.7 Å². The van der Waals surface area contributed by atoms with Crippen molar-refractivity contribution in [1.82, 2.24) is 0 Å². The van der Waals surface area contributed by atoms with Crippen molar-refractivity contribution in [3.05, 3.63) is 52.5 Å². The van der Waals surface area contributed by atoms with Crippen LogP contribution in [0.2, 0.25) is 0 Å². The predicted molar refractivity (Wildman–Crippen MR) is 102 cm³/mol. The van der Waals surface area contributed by atoms with Crippen LogP contribution in [0.1, 0.15) is 31.2 Å². The molecule has 1 N–H and O–H groups in total. The lowest BCUT2D eigenvalue weighted by atomic mass is 9.78. The van der Waals surface area contributed by atoms with Gasteiger partial charge in [-0.3, -0.25) is 4.79 Å². The molecule has 0 saturated heterocycles. The highest BCUT2D eigenvalue weighted by Crippen LogP contribution is 2.43. The Morgan fingerprint density at radius 1 is 1.08 bits per heavy atom. The first-order valence-electron chi connectivity index (χ1n) is 8.38. The predicted octanol–water partition coefficient (Wildman–Crippen LogP) is 4.92. The first kappa shape index (κ1) is 17.8. The zero-order valence-electron chi connectivity index (χ0n) is 14.5. The summed E-state index contributed by atoms with van der Waals surface area (Å²) in [5.74, 6) is 1.31. The zero-order chi connectivity index (χ0) is 17.9. The molecule has 132 valence electrons. The largest absolute Gasteiger partial charge is 0.497 e. The summed E-state index contributed by atoms with van der Waals surface area (Å²) in [6.45, 7) is 0. The van der Waals surface area contributed by atoms with E-state index in [1.165, 1.54) is 0 Å². The van der Waals surface area contributed by atoms with Crippen LogP contribution in [0.4, 0.5) is 5.69 Å². The van der Waals surface area contributed by atoms with Gasteiger partial charge in [0.05, 0.1) is 25.3 Å². The molecule has 0 radical (unpaired) electrons. The fourth-order valence-corrected chi connectivity index (χ4v) is 3.96. The third-order valence-electron chi connectivity index (χ3n) is 4.92. The van der Waals surface area contributed by atoms with Gasteiger partial charge in [0.15, 0.2) is 0 Å². The molecule has 2 aromatic carbocycles. The van der Waals surface area contributed by atoms with E-state index in [1.807, 2.05) is 30.3 Å². The number of ether oxygens (including phenoxy) is 2. The number of carbonyl (C=O) groups is 1. The molecular formula is C20H22BrNO3. The molecule has 1 amide bonds. The Labute approximate surface area is 156 Å². The number of rotatable bonds is 5. The third-order valence-corrected chi connectivity index (χ3v) is 5.42. The van der Waals surface area contributed by atoms with Gasteiger partial charge in [-0.05, 0) is 42.7 Å². The average Bonchev–Trinajstić information content (AvgIpc) is 3.13. The van der Waals surface area contributed by atoms with Crippen LogP contribution in [-0.2, 0) is 10.2 Å².